The second kappa shape index (κ2) is 5.53. The van der Waals surface area contributed by atoms with Crippen LogP contribution in [0.1, 0.15) is 5.56 Å². The van der Waals surface area contributed by atoms with Crippen LogP contribution in [-0.4, -0.2) is 24.3 Å². The predicted molar refractivity (Wildman–Crippen MR) is 63.4 cm³/mol. The average Bonchev–Trinajstić information content (AvgIpc) is 2.71. The fourth-order valence-corrected chi connectivity index (χ4v) is 3.06. The fraction of sp³-hybridized carbons (Fsp3) is 0.400. The summed E-state index contributed by atoms with van der Waals surface area (Å²) in [7, 11) is 3.41. The molecule has 0 bridgehead atoms. The van der Waals surface area contributed by atoms with Crippen LogP contribution in [-0.2, 0) is 5.75 Å². The molecular weight excluding hydrogens is 232 g/mol. The van der Waals surface area contributed by atoms with Gasteiger partial charge in [0.1, 0.15) is 0 Å². The Morgan fingerprint density at radius 2 is 2.07 bits per heavy atom. The molecule has 0 saturated heterocycles. The van der Waals surface area contributed by atoms with Gasteiger partial charge in [-0.2, -0.15) is 0 Å². The van der Waals surface area contributed by atoms with E-state index in [-0.39, 0.29) is 6.61 Å². The maximum Gasteiger partial charge on any atom is 0.231 e. The smallest absolute Gasteiger partial charge is 0.231 e. The van der Waals surface area contributed by atoms with E-state index in [2.05, 4.69) is 0 Å². The summed E-state index contributed by atoms with van der Waals surface area (Å²) in [5, 5.41) is 8.62. The molecule has 1 heterocycles. The van der Waals surface area contributed by atoms with Crippen LogP contribution in [0.2, 0.25) is 0 Å². The molecule has 15 heavy (non-hydrogen) atoms. The maximum absolute atomic E-state index is 8.62. The van der Waals surface area contributed by atoms with Crippen LogP contribution in [0.25, 0.3) is 0 Å². The van der Waals surface area contributed by atoms with Crippen LogP contribution in [0.4, 0.5) is 0 Å². The number of aliphatic hydroxyl groups excluding tert-OH is 1. The lowest BCUT2D eigenvalue weighted by molar-refractivity contribution is 0.174. The molecule has 0 spiro atoms. The standard InChI is InChI=1S/C10H12O3S2/c11-3-4-14-15-6-8-1-2-9-10(5-8)13-7-12-9/h1-2,5,11H,3-4,6-7H2. The summed E-state index contributed by atoms with van der Waals surface area (Å²) >= 11 is 0. The van der Waals surface area contributed by atoms with Crippen molar-refractivity contribution in [3.05, 3.63) is 23.8 Å². The molecule has 2 rings (SSSR count). The lowest BCUT2D eigenvalue weighted by Crippen LogP contribution is -1.92. The maximum atomic E-state index is 8.62. The Hall–Kier alpha value is -0.520. The summed E-state index contributed by atoms with van der Waals surface area (Å²) in [5.41, 5.74) is 1.22. The van der Waals surface area contributed by atoms with Gasteiger partial charge >= 0.3 is 0 Å². The Morgan fingerprint density at radius 3 is 2.93 bits per heavy atom. The Labute approximate surface area is 96.6 Å². The zero-order valence-electron chi connectivity index (χ0n) is 8.14. The SMILES string of the molecule is OCCSSCc1ccc2c(c1)OCO2. The first-order valence-corrected chi connectivity index (χ1v) is 7.13. The summed E-state index contributed by atoms with van der Waals surface area (Å²) in [5.74, 6) is 3.35. The van der Waals surface area contributed by atoms with Crippen molar-refractivity contribution in [1.29, 1.82) is 0 Å². The van der Waals surface area contributed by atoms with Crippen molar-refractivity contribution in [3.63, 3.8) is 0 Å². The van der Waals surface area contributed by atoms with E-state index >= 15 is 0 Å². The molecule has 1 aliphatic rings. The van der Waals surface area contributed by atoms with Crippen LogP contribution in [0, 0.1) is 0 Å². The van der Waals surface area contributed by atoms with Crippen LogP contribution in [0.5, 0.6) is 11.5 Å². The Bertz CT molecular complexity index is 330. The third-order valence-electron chi connectivity index (χ3n) is 1.92. The fourth-order valence-electron chi connectivity index (χ4n) is 1.24. The van der Waals surface area contributed by atoms with Gasteiger partial charge in [0.2, 0.25) is 6.79 Å². The van der Waals surface area contributed by atoms with Gasteiger partial charge in [0.05, 0.1) is 6.61 Å². The van der Waals surface area contributed by atoms with Gasteiger partial charge in [-0.3, -0.25) is 0 Å². The number of fused-ring (bicyclic) bond motifs is 1. The topological polar surface area (TPSA) is 38.7 Å². The molecule has 1 N–H and O–H groups in total. The molecule has 82 valence electrons. The van der Waals surface area contributed by atoms with E-state index in [1.165, 1.54) is 5.56 Å². The summed E-state index contributed by atoms with van der Waals surface area (Å²) in [4.78, 5) is 0. The van der Waals surface area contributed by atoms with Gasteiger partial charge in [-0.25, -0.2) is 0 Å². The monoisotopic (exact) mass is 244 g/mol. The molecule has 0 unspecified atom stereocenters. The van der Waals surface area contributed by atoms with E-state index in [0.29, 0.717) is 6.79 Å². The minimum absolute atomic E-state index is 0.235. The first-order chi connectivity index (χ1) is 7.40. The molecule has 1 aliphatic heterocycles. The molecule has 0 fully saturated rings. The van der Waals surface area contributed by atoms with Gasteiger partial charge in [-0.1, -0.05) is 27.7 Å². The quantitative estimate of drug-likeness (QED) is 0.635. The minimum atomic E-state index is 0.235. The lowest BCUT2D eigenvalue weighted by Gasteiger charge is -2.02. The van der Waals surface area contributed by atoms with E-state index in [0.717, 1.165) is 23.0 Å². The molecule has 0 saturated carbocycles. The van der Waals surface area contributed by atoms with E-state index in [4.69, 9.17) is 14.6 Å². The van der Waals surface area contributed by atoms with Gasteiger partial charge in [0.15, 0.2) is 11.5 Å². The summed E-state index contributed by atoms with van der Waals surface area (Å²) in [6.45, 7) is 0.560. The second-order valence-corrected chi connectivity index (χ2v) is 5.58. The molecule has 1 aromatic carbocycles. The van der Waals surface area contributed by atoms with Crippen molar-refractivity contribution >= 4 is 21.6 Å². The third-order valence-corrected chi connectivity index (χ3v) is 4.24. The first-order valence-electron chi connectivity index (χ1n) is 4.64. The number of hydrogen-bond donors (Lipinski definition) is 1. The molecule has 0 aliphatic carbocycles. The normalized spacial score (nSPS) is 13.1. The highest BCUT2D eigenvalue weighted by Crippen LogP contribution is 2.34. The van der Waals surface area contributed by atoms with E-state index < -0.39 is 0 Å². The highest BCUT2D eigenvalue weighted by Gasteiger charge is 2.12. The average molecular weight is 244 g/mol. The number of aliphatic hydroxyl groups is 1. The summed E-state index contributed by atoms with van der Waals surface area (Å²) in [6.07, 6.45) is 0. The van der Waals surface area contributed by atoms with Crippen LogP contribution in [0.3, 0.4) is 0 Å². The van der Waals surface area contributed by atoms with E-state index in [9.17, 15) is 0 Å². The molecule has 1 aromatic rings. The van der Waals surface area contributed by atoms with Crippen molar-refractivity contribution in [1.82, 2.24) is 0 Å². The van der Waals surface area contributed by atoms with Crippen LogP contribution in [0.15, 0.2) is 18.2 Å². The highest BCUT2D eigenvalue weighted by atomic mass is 33.1. The number of ether oxygens (including phenoxy) is 2. The molecule has 0 amide bonds. The van der Waals surface area contributed by atoms with Gasteiger partial charge < -0.3 is 14.6 Å². The lowest BCUT2D eigenvalue weighted by atomic mass is 10.2. The van der Waals surface area contributed by atoms with Crippen LogP contribution >= 0.6 is 21.6 Å². The van der Waals surface area contributed by atoms with Gasteiger partial charge in [-0.15, -0.1) is 0 Å². The second-order valence-electron chi connectivity index (χ2n) is 3.00. The predicted octanol–water partition coefficient (Wildman–Crippen LogP) is 2.29. The third kappa shape index (κ3) is 2.96. The largest absolute Gasteiger partial charge is 0.454 e. The number of hydrogen-bond acceptors (Lipinski definition) is 5. The van der Waals surface area contributed by atoms with Crippen molar-refractivity contribution in [3.8, 4) is 11.5 Å². The van der Waals surface area contributed by atoms with Gasteiger partial charge in [0.25, 0.3) is 0 Å². The Kier molecular flexibility index (Phi) is 4.05. The summed E-state index contributed by atoms with van der Waals surface area (Å²) in [6, 6.07) is 5.99. The first kappa shape index (κ1) is 11.0. The van der Waals surface area contributed by atoms with Crippen molar-refractivity contribution in [2.24, 2.45) is 0 Å². The van der Waals surface area contributed by atoms with Crippen LogP contribution < -0.4 is 9.47 Å². The van der Waals surface area contributed by atoms with Gasteiger partial charge in [0, 0.05) is 11.5 Å². The van der Waals surface area contributed by atoms with E-state index in [1.54, 1.807) is 21.6 Å². The zero-order valence-corrected chi connectivity index (χ0v) is 9.77. The zero-order chi connectivity index (χ0) is 10.5. The molecule has 0 atom stereocenters. The highest BCUT2D eigenvalue weighted by molar-refractivity contribution is 8.76. The van der Waals surface area contributed by atoms with Crippen molar-refractivity contribution in [2.75, 3.05) is 19.2 Å². The molecule has 3 nitrogen and oxygen atoms in total. The Morgan fingerprint density at radius 1 is 1.20 bits per heavy atom. The van der Waals surface area contributed by atoms with Crippen molar-refractivity contribution in [2.45, 2.75) is 5.75 Å². The van der Waals surface area contributed by atoms with Gasteiger partial charge in [-0.05, 0) is 17.7 Å². The molecule has 5 heteroatoms. The Balaban J connectivity index is 1.87. The minimum Gasteiger partial charge on any atom is -0.454 e. The molecule has 0 radical (unpaired) electrons. The summed E-state index contributed by atoms with van der Waals surface area (Å²) < 4.78 is 10.5. The molecule has 0 aromatic heterocycles. The van der Waals surface area contributed by atoms with E-state index in [1.807, 2.05) is 18.2 Å². The van der Waals surface area contributed by atoms with Crippen molar-refractivity contribution < 1.29 is 14.6 Å². The number of rotatable bonds is 5. The number of benzene rings is 1. The molecular formula is C10H12O3S2.